The Balaban J connectivity index is 1.90. The number of para-hydroxylation sites is 1. The Morgan fingerprint density at radius 3 is 2.52 bits per heavy atom. The lowest BCUT2D eigenvalue weighted by Crippen LogP contribution is -2.37. The SMILES string of the molecule is CCC(C)(OCc1nn(Cc2ccccc2)c2ccccc12)C(=O)O. The second kappa shape index (κ2) is 7.07. The van der Waals surface area contributed by atoms with Gasteiger partial charge in [-0.05, 0) is 25.0 Å². The van der Waals surface area contributed by atoms with Crippen molar-refractivity contribution in [3.63, 3.8) is 0 Å². The molecule has 0 fully saturated rings. The van der Waals surface area contributed by atoms with Gasteiger partial charge >= 0.3 is 5.97 Å². The predicted octanol–water partition coefficient (Wildman–Crippen LogP) is 3.85. The van der Waals surface area contributed by atoms with Gasteiger partial charge in [0.15, 0.2) is 5.60 Å². The molecule has 130 valence electrons. The Hall–Kier alpha value is -2.66. The Bertz CT molecular complexity index is 873. The van der Waals surface area contributed by atoms with E-state index in [9.17, 15) is 9.90 Å². The first kappa shape index (κ1) is 17.2. The van der Waals surface area contributed by atoms with Crippen LogP contribution in [0, 0.1) is 0 Å². The number of benzene rings is 2. The zero-order valence-electron chi connectivity index (χ0n) is 14.5. The molecule has 2 aromatic carbocycles. The number of carbonyl (C=O) groups is 1. The van der Waals surface area contributed by atoms with Crippen LogP contribution in [0.2, 0.25) is 0 Å². The minimum absolute atomic E-state index is 0.166. The summed E-state index contributed by atoms with van der Waals surface area (Å²) in [7, 11) is 0. The van der Waals surface area contributed by atoms with Crippen LogP contribution >= 0.6 is 0 Å². The van der Waals surface area contributed by atoms with Gasteiger partial charge in [0.05, 0.1) is 24.4 Å². The van der Waals surface area contributed by atoms with Gasteiger partial charge in [0.25, 0.3) is 0 Å². The molecule has 0 bridgehead atoms. The van der Waals surface area contributed by atoms with E-state index in [1.165, 1.54) is 0 Å². The van der Waals surface area contributed by atoms with Gasteiger partial charge in [-0.25, -0.2) is 4.79 Å². The summed E-state index contributed by atoms with van der Waals surface area (Å²) in [5, 5.41) is 15.0. The highest BCUT2D eigenvalue weighted by atomic mass is 16.5. The van der Waals surface area contributed by atoms with Crippen LogP contribution in [0.15, 0.2) is 54.6 Å². The topological polar surface area (TPSA) is 64.4 Å². The molecule has 1 aromatic heterocycles. The van der Waals surface area contributed by atoms with Crippen LogP contribution in [0.1, 0.15) is 31.5 Å². The van der Waals surface area contributed by atoms with Gasteiger partial charge in [0.1, 0.15) is 0 Å². The maximum atomic E-state index is 11.4. The highest BCUT2D eigenvalue weighted by Gasteiger charge is 2.32. The van der Waals surface area contributed by atoms with E-state index >= 15 is 0 Å². The number of hydrogen-bond donors (Lipinski definition) is 1. The molecule has 25 heavy (non-hydrogen) atoms. The van der Waals surface area contributed by atoms with Crippen LogP contribution in [0.25, 0.3) is 10.9 Å². The van der Waals surface area contributed by atoms with E-state index in [4.69, 9.17) is 4.74 Å². The van der Waals surface area contributed by atoms with Crippen molar-refractivity contribution in [1.29, 1.82) is 0 Å². The normalized spacial score (nSPS) is 13.7. The Morgan fingerprint density at radius 2 is 1.84 bits per heavy atom. The standard InChI is InChI=1S/C20H22N2O3/c1-3-20(2,19(23)24)25-14-17-16-11-7-8-12-18(16)22(21-17)13-15-9-5-4-6-10-15/h4-12H,3,13-14H2,1-2H3,(H,23,24). The van der Waals surface area contributed by atoms with Crippen LogP contribution in [-0.4, -0.2) is 26.5 Å². The minimum Gasteiger partial charge on any atom is -0.479 e. The number of aromatic nitrogens is 2. The van der Waals surface area contributed by atoms with Gasteiger partial charge in [-0.3, -0.25) is 4.68 Å². The molecule has 0 radical (unpaired) electrons. The maximum Gasteiger partial charge on any atom is 0.335 e. The van der Waals surface area contributed by atoms with Crippen molar-refractivity contribution in [1.82, 2.24) is 9.78 Å². The second-order valence-electron chi connectivity index (χ2n) is 6.29. The maximum absolute atomic E-state index is 11.4. The Morgan fingerprint density at radius 1 is 1.16 bits per heavy atom. The van der Waals surface area contributed by atoms with E-state index in [0.717, 1.165) is 22.2 Å². The number of carboxylic acid groups (broad SMARTS) is 1. The van der Waals surface area contributed by atoms with E-state index in [-0.39, 0.29) is 6.61 Å². The largest absolute Gasteiger partial charge is 0.479 e. The first-order chi connectivity index (χ1) is 12.0. The fraction of sp³-hybridized carbons (Fsp3) is 0.300. The fourth-order valence-electron chi connectivity index (χ4n) is 2.72. The van der Waals surface area contributed by atoms with Crippen molar-refractivity contribution in [2.75, 3.05) is 0 Å². The number of carboxylic acids is 1. The summed E-state index contributed by atoms with van der Waals surface area (Å²) in [6.07, 6.45) is 0.394. The third-order valence-electron chi connectivity index (χ3n) is 4.56. The molecule has 1 N–H and O–H groups in total. The summed E-state index contributed by atoms with van der Waals surface area (Å²) in [6, 6.07) is 18.1. The summed E-state index contributed by atoms with van der Waals surface area (Å²) in [5.74, 6) is -0.956. The third-order valence-corrected chi connectivity index (χ3v) is 4.56. The van der Waals surface area contributed by atoms with Crippen molar-refractivity contribution >= 4 is 16.9 Å². The lowest BCUT2D eigenvalue weighted by molar-refractivity contribution is -0.165. The van der Waals surface area contributed by atoms with Crippen molar-refractivity contribution in [3.05, 3.63) is 65.9 Å². The van der Waals surface area contributed by atoms with Crippen molar-refractivity contribution in [3.8, 4) is 0 Å². The second-order valence-corrected chi connectivity index (χ2v) is 6.29. The molecule has 0 aliphatic heterocycles. The lowest BCUT2D eigenvalue weighted by atomic mass is 10.0. The first-order valence-corrected chi connectivity index (χ1v) is 8.39. The fourth-order valence-corrected chi connectivity index (χ4v) is 2.72. The summed E-state index contributed by atoms with van der Waals surface area (Å²) in [5.41, 5.74) is 1.72. The number of fused-ring (bicyclic) bond motifs is 1. The molecule has 5 heteroatoms. The van der Waals surface area contributed by atoms with Crippen LogP contribution in [0.3, 0.4) is 0 Å². The average molecular weight is 338 g/mol. The Kier molecular flexibility index (Phi) is 4.86. The van der Waals surface area contributed by atoms with Gasteiger partial charge in [-0.15, -0.1) is 0 Å². The highest BCUT2D eigenvalue weighted by Crippen LogP contribution is 2.23. The molecule has 1 unspecified atom stereocenters. The number of hydrogen-bond acceptors (Lipinski definition) is 3. The zero-order chi connectivity index (χ0) is 17.9. The van der Waals surface area contributed by atoms with Gasteiger partial charge in [0.2, 0.25) is 0 Å². The summed E-state index contributed by atoms with van der Waals surface area (Å²) >= 11 is 0. The van der Waals surface area contributed by atoms with E-state index in [1.54, 1.807) is 13.8 Å². The first-order valence-electron chi connectivity index (χ1n) is 8.39. The number of aliphatic carboxylic acids is 1. The molecule has 0 aliphatic rings. The molecule has 0 saturated heterocycles. The zero-order valence-corrected chi connectivity index (χ0v) is 14.5. The van der Waals surface area contributed by atoms with Crippen molar-refractivity contribution in [2.45, 2.75) is 39.0 Å². The summed E-state index contributed by atoms with van der Waals surface area (Å²) in [6.45, 7) is 4.23. The van der Waals surface area contributed by atoms with Crippen LogP contribution in [-0.2, 0) is 22.7 Å². The van der Waals surface area contributed by atoms with E-state index in [1.807, 2.05) is 47.1 Å². The third kappa shape index (κ3) is 3.56. The van der Waals surface area contributed by atoms with Gasteiger partial charge in [-0.1, -0.05) is 55.5 Å². The van der Waals surface area contributed by atoms with E-state index in [0.29, 0.717) is 13.0 Å². The number of ether oxygens (including phenoxy) is 1. The number of nitrogens with zero attached hydrogens (tertiary/aromatic N) is 2. The smallest absolute Gasteiger partial charge is 0.335 e. The molecule has 0 saturated carbocycles. The molecule has 3 rings (SSSR count). The van der Waals surface area contributed by atoms with Crippen LogP contribution < -0.4 is 0 Å². The molecular formula is C20H22N2O3. The highest BCUT2D eigenvalue weighted by molar-refractivity contribution is 5.82. The average Bonchev–Trinajstić information content (AvgIpc) is 2.98. The van der Waals surface area contributed by atoms with Gasteiger partial charge in [-0.2, -0.15) is 5.10 Å². The van der Waals surface area contributed by atoms with Gasteiger partial charge < -0.3 is 9.84 Å². The molecule has 0 spiro atoms. The van der Waals surface area contributed by atoms with Crippen LogP contribution in [0.4, 0.5) is 0 Å². The molecule has 1 atom stereocenters. The van der Waals surface area contributed by atoms with Crippen molar-refractivity contribution in [2.24, 2.45) is 0 Å². The molecule has 0 amide bonds. The molecule has 5 nitrogen and oxygen atoms in total. The summed E-state index contributed by atoms with van der Waals surface area (Å²) in [4.78, 5) is 11.4. The van der Waals surface area contributed by atoms with E-state index in [2.05, 4.69) is 17.2 Å². The molecule has 3 aromatic rings. The predicted molar refractivity (Wildman–Crippen MR) is 96.4 cm³/mol. The molecule has 0 aliphatic carbocycles. The van der Waals surface area contributed by atoms with E-state index < -0.39 is 11.6 Å². The molecular weight excluding hydrogens is 316 g/mol. The quantitative estimate of drug-likeness (QED) is 0.710. The summed E-state index contributed by atoms with van der Waals surface area (Å²) < 4.78 is 7.66. The monoisotopic (exact) mass is 338 g/mol. The minimum atomic E-state index is -1.20. The number of rotatable bonds is 7. The Labute approximate surface area is 146 Å². The van der Waals surface area contributed by atoms with Crippen LogP contribution in [0.5, 0.6) is 0 Å². The van der Waals surface area contributed by atoms with Gasteiger partial charge in [0, 0.05) is 5.39 Å². The molecule has 1 heterocycles. The lowest BCUT2D eigenvalue weighted by Gasteiger charge is -2.23. The van der Waals surface area contributed by atoms with Crippen molar-refractivity contribution < 1.29 is 14.6 Å².